The summed E-state index contributed by atoms with van der Waals surface area (Å²) in [5, 5.41) is 9.70. The maximum absolute atomic E-state index is 13.7. The third-order valence-electron chi connectivity index (χ3n) is 3.53. The Kier molecular flexibility index (Phi) is 6.13. The third-order valence-corrected chi connectivity index (χ3v) is 3.53. The average molecular weight is 362 g/mol. The lowest BCUT2D eigenvalue weighted by Gasteiger charge is -2.31. The fraction of sp³-hybridized carbons (Fsp3) is 0.600. The third kappa shape index (κ3) is 4.52. The summed E-state index contributed by atoms with van der Waals surface area (Å²) in [5.74, 6) is 0.157. The maximum atomic E-state index is 13.7. The van der Waals surface area contributed by atoms with E-state index in [0.29, 0.717) is 6.42 Å². The van der Waals surface area contributed by atoms with Gasteiger partial charge in [-0.15, -0.1) is 0 Å². The van der Waals surface area contributed by atoms with E-state index in [1.54, 1.807) is 6.92 Å². The van der Waals surface area contributed by atoms with Crippen LogP contribution in [0.2, 0.25) is 0 Å². The van der Waals surface area contributed by atoms with E-state index < -0.39 is 30.5 Å². The fourth-order valence-electron chi connectivity index (χ4n) is 1.89. The summed E-state index contributed by atoms with van der Waals surface area (Å²) in [4.78, 5) is 0. The van der Waals surface area contributed by atoms with Gasteiger partial charge in [-0.05, 0) is 31.0 Å². The Hall–Kier alpha value is -1.51. The van der Waals surface area contributed by atoms with Crippen LogP contribution in [-0.2, 0) is 0 Å². The van der Waals surface area contributed by atoms with Crippen molar-refractivity contribution in [2.24, 2.45) is 0 Å². The van der Waals surface area contributed by atoms with Crippen LogP contribution in [0.5, 0.6) is 5.75 Å². The van der Waals surface area contributed by atoms with Crippen LogP contribution >= 0.6 is 0 Å². The number of benzene rings is 1. The number of alkyl halides is 7. The van der Waals surface area contributed by atoms with Crippen LogP contribution < -0.4 is 4.74 Å². The number of rotatable bonds is 6. The first-order valence-electron chi connectivity index (χ1n) is 7.09. The van der Waals surface area contributed by atoms with Crippen molar-refractivity contribution in [2.75, 3.05) is 0 Å². The summed E-state index contributed by atoms with van der Waals surface area (Å²) < 4.78 is 94.3. The van der Waals surface area contributed by atoms with Crippen molar-refractivity contribution in [3.05, 3.63) is 29.8 Å². The van der Waals surface area contributed by atoms with E-state index in [4.69, 9.17) is 4.74 Å². The molecular weight excluding hydrogens is 345 g/mol. The van der Waals surface area contributed by atoms with Crippen LogP contribution in [0.25, 0.3) is 0 Å². The second kappa shape index (κ2) is 7.16. The molecule has 0 saturated carbocycles. The maximum Gasteiger partial charge on any atom is 0.431 e. The lowest BCUT2D eigenvalue weighted by Crippen LogP contribution is -2.54. The number of halogens is 7. The molecule has 0 bridgehead atoms. The Bertz CT molecular complexity index is 525. The first-order valence-corrected chi connectivity index (χ1v) is 7.09. The monoisotopic (exact) mass is 362 g/mol. The van der Waals surface area contributed by atoms with Crippen molar-refractivity contribution in [3.8, 4) is 5.75 Å². The van der Waals surface area contributed by atoms with E-state index in [2.05, 4.69) is 0 Å². The summed E-state index contributed by atoms with van der Waals surface area (Å²) in [6.45, 7) is 3.52. The van der Waals surface area contributed by atoms with Crippen molar-refractivity contribution < 1.29 is 40.6 Å². The molecule has 0 aliphatic rings. The zero-order valence-corrected chi connectivity index (χ0v) is 12.9. The van der Waals surface area contributed by atoms with Crippen molar-refractivity contribution in [1.29, 1.82) is 0 Å². The van der Waals surface area contributed by atoms with Crippen LogP contribution in [0.15, 0.2) is 24.3 Å². The van der Waals surface area contributed by atoms with Crippen LogP contribution in [0.4, 0.5) is 30.7 Å². The topological polar surface area (TPSA) is 29.5 Å². The quantitative estimate of drug-likeness (QED) is 0.712. The predicted molar refractivity (Wildman–Crippen MR) is 72.3 cm³/mol. The molecule has 1 aromatic carbocycles. The van der Waals surface area contributed by atoms with Gasteiger partial charge in [-0.25, -0.2) is 4.39 Å². The van der Waals surface area contributed by atoms with Gasteiger partial charge in [0, 0.05) is 6.42 Å². The molecule has 1 N–H and O–H groups in total. The highest BCUT2D eigenvalue weighted by atomic mass is 19.4. The molecule has 138 valence electrons. The van der Waals surface area contributed by atoms with E-state index >= 15 is 0 Å². The molecule has 0 spiro atoms. The van der Waals surface area contributed by atoms with Gasteiger partial charge in [-0.1, -0.05) is 19.1 Å². The van der Waals surface area contributed by atoms with Gasteiger partial charge in [-0.3, -0.25) is 0 Å². The summed E-state index contributed by atoms with van der Waals surface area (Å²) in [7, 11) is 0. The lowest BCUT2D eigenvalue weighted by atomic mass is 9.93. The van der Waals surface area contributed by atoms with Crippen LogP contribution in [0.1, 0.15) is 38.4 Å². The second-order valence-corrected chi connectivity index (χ2v) is 5.43. The van der Waals surface area contributed by atoms with Gasteiger partial charge in [0.15, 0.2) is 0 Å². The number of hydrogen-bond acceptors (Lipinski definition) is 2. The first-order chi connectivity index (χ1) is 10.8. The molecule has 2 unspecified atom stereocenters. The summed E-state index contributed by atoms with van der Waals surface area (Å²) >= 11 is 0. The number of ether oxygens (including phenoxy) is 1. The van der Waals surface area contributed by atoms with Crippen molar-refractivity contribution in [3.63, 3.8) is 0 Å². The standard InChI is InChI=1S/C15H17F7O2/c1-3-9(2)24-11-6-4-5-10(7-11)12(23)8-13(16,14(17,18)19)15(20,21)22/h4-7,9,12,23H,3,8H2,1-2H3. The fourth-order valence-corrected chi connectivity index (χ4v) is 1.89. The average Bonchev–Trinajstić information content (AvgIpc) is 2.44. The van der Waals surface area contributed by atoms with Gasteiger partial charge in [-0.2, -0.15) is 26.3 Å². The van der Waals surface area contributed by atoms with Gasteiger partial charge >= 0.3 is 18.0 Å². The SMILES string of the molecule is CCC(C)Oc1cccc(C(O)CC(F)(C(F)(F)F)C(F)(F)F)c1. The zero-order chi connectivity index (χ0) is 18.8. The molecule has 9 heteroatoms. The lowest BCUT2D eigenvalue weighted by molar-refractivity contribution is -0.347. The number of aliphatic hydroxyl groups is 1. The summed E-state index contributed by atoms with van der Waals surface area (Å²) in [5.41, 5.74) is -5.81. The predicted octanol–water partition coefficient (Wildman–Crippen LogP) is 5.12. The molecule has 24 heavy (non-hydrogen) atoms. The molecule has 0 aliphatic heterocycles. The molecule has 1 rings (SSSR count). The van der Waals surface area contributed by atoms with Gasteiger partial charge in [0.2, 0.25) is 0 Å². The Morgan fingerprint density at radius 2 is 1.58 bits per heavy atom. The largest absolute Gasteiger partial charge is 0.491 e. The molecule has 0 amide bonds. The molecule has 0 heterocycles. The zero-order valence-electron chi connectivity index (χ0n) is 12.9. The highest BCUT2D eigenvalue weighted by molar-refractivity contribution is 5.30. The molecule has 2 nitrogen and oxygen atoms in total. The minimum Gasteiger partial charge on any atom is -0.491 e. The van der Waals surface area contributed by atoms with Crippen molar-refractivity contribution >= 4 is 0 Å². The van der Waals surface area contributed by atoms with Crippen LogP contribution in [-0.4, -0.2) is 29.2 Å². The van der Waals surface area contributed by atoms with Crippen LogP contribution in [0, 0.1) is 0 Å². The smallest absolute Gasteiger partial charge is 0.431 e. The highest BCUT2D eigenvalue weighted by Crippen LogP contribution is 2.50. The minimum absolute atomic E-state index is 0.157. The van der Waals surface area contributed by atoms with Gasteiger partial charge in [0.1, 0.15) is 5.75 Å². The molecule has 0 aliphatic carbocycles. The minimum atomic E-state index is -6.20. The number of aliphatic hydroxyl groups excluding tert-OH is 1. The van der Waals surface area contributed by atoms with E-state index in [1.807, 2.05) is 6.92 Å². The van der Waals surface area contributed by atoms with Crippen molar-refractivity contribution in [1.82, 2.24) is 0 Å². The van der Waals surface area contributed by atoms with E-state index in [9.17, 15) is 35.8 Å². The molecule has 0 aromatic heterocycles. The molecule has 0 radical (unpaired) electrons. The molecule has 0 fully saturated rings. The highest BCUT2D eigenvalue weighted by Gasteiger charge is 2.72. The molecule has 1 aromatic rings. The second-order valence-electron chi connectivity index (χ2n) is 5.43. The molecular formula is C15H17F7O2. The Morgan fingerprint density at radius 1 is 1.04 bits per heavy atom. The van der Waals surface area contributed by atoms with Crippen LogP contribution in [0.3, 0.4) is 0 Å². The Morgan fingerprint density at radius 3 is 2.04 bits per heavy atom. The van der Waals surface area contributed by atoms with Crippen molar-refractivity contribution in [2.45, 2.75) is 56.9 Å². The normalized spacial score (nSPS) is 15.9. The first kappa shape index (κ1) is 20.5. The Balaban J connectivity index is 3.05. The van der Waals surface area contributed by atoms with E-state index in [1.165, 1.54) is 12.1 Å². The summed E-state index contributed by atoms with van der Waals surface area (Å²) in [6, 6.07) is 4.90. The van der Waals surface area contributed by atoms with E-state index in [-0.39, 0.29) is 17.4 Å². The molecule has 0 saturated heterocycles. The van der Waals surface area contributed by atoms with Gasteiger partial charge < -0.3 is 9.84 Å². The molecule has 2 atom stereocenters. The van der Waals surface area contributed by atoms with E-state index in [0.717, 1.165) is 12.1 Å². The summed E-state index contributed by atoms with van der Waals surface area (Å²) in [6.07, 6.45) is -16.5. The van der Waals surface area contributed by atoms with Gasteiger partial charge in [0.05, 0.1) is 12.2 Å². The van der Waals surface area contributed by atoms with Gasteiger partial charge in [0.25, 0.3) is 0 Å². The Labute approximate surface area is 134 Å². The number of hydrogen-bond donors (Lipinski definition) is 1.